The molecule has 58 valence electrons. The molecule has 0 fully saturated rings. The fourth-order valence-electron chi connectivity index (χ4n) is 0.880. The quantitative estimate of drug-likeness (QED) is 0.695. The van der Waals surface area contributed by atoms with Crippen LogP contribution in [-0.4, -0.2) is 0 Å². The van der Waals surface area contributed by atoms with Gasteiger partial charge in [-0.15, -0.1) is 0 Å². The van der Waals surface area contributed by atoms with Gasteiger partial charge in [-0.3, -0.25) is 0 Å². The van der Waals surface area contributed by atoms with E-state index in [1.807, 2.05) is 25.1 Å². The second-order valence-electron chi connectivity index (χ2n) is 2.37. The van der Waals surface area contributed by atoms with Crippen molar-refractivity contribution in [2.45, 2.75) is 13.5 Å². The number of nitrogens with zero attached hydrogens (tertiary/aromatic N) is 1. The Labute approximate surface area is 73.7 Å². The molecular formula is C8H8BrNO. The highest BCUT2D eigenvalue weighted by Gasteiger charge is 1.95. The molecule has 0 heterocycles. The van der Waals surface area contributed by atoms with Gasteiger partial charge in [0, 0.05) is 4.47 Å². The molecule has 0 bridgehead atoms. The highest BCUT2D eigenvalue weighted by molar-refractivity contribution is 9.10. The molecule has 0 aliphatic carbocycles. The number of nitroso groups, excluding NO2 is 1. The van der Waals surface area contributed by atoms with Crippen molar-refractivity contribution < 1.29 is 0 Å². The molecule has 0 saturated carbocycles. The first-order valence-corrected chi connectivity index (χ1v) is 4.07. The minimum atomic E-state index is 0.258. The summed E-state index contributed by atoms with van der Waals surface area (Å²) in [5.74, 6) is 0. The topological polar surface area (TPSA) is 29.4 Å². The van der Waals surface area contributed by atoms with Gasteiger partial charge in [0.2, 0.25) is 0 Å². The summed E-state index contributed by atoms with van der Waals surface area (Å²) in [7, 11) is 0. The fraction of sp³-hybridized carbons (Fsp3) is 0.250. The van der Waals surface area contributed by atoms with Crippen LogP contribution in [0.1, 0.15) is 11.1 Å². The highest BCUT2D eigenvalue weighted by atomic mass is 79.9. The molecule has 0 atom stereocenters. The maximum absolute atomic E-state index is 9.91. The number of halogens is 1. The summed E-state index contributed by atoms with van der Waals surface area (Å²) in [4.78, 5) is 9.91. The number of hydrogen-bond acceptors (Lipinski definition) is 2. The van der Waals surface area contributed by atoms with Crippen molar-refractivity contribution in [2.75, 3.05) is 0 Å². The molecule has 1 aromatic rings. The van der Waals surface area contributed by atoms with Gasteiger partial charge in [-0.2, -0.15) is 4.91 Å². The van der Waals surface area contributed by atoms with Crippen molar-refractivity contribution in [3.63, 3.8) is 0 Å². The van der Waals surface area contributed by atoms with Crippen LogP contribution >= 0.6 is 15.9 Å². The molecule has 1 aromatic carbocycles. The van der Waals surface area contributed by atoms with Crippen molar-refractivity contribution in [1.82, 2.24) is 0 Å². The number of rotatable bonds is 2. The van der Waals surface area contributed by atoms with Crippen LogP contribution in [0.25, 0.3) is 0 Å². The first-order chi connectivity index (χ1) is 5.24. The van der Waals surface area contributed by atoms with Gasteiger partial charge in [0.05, 0.1) is 0 Å². The van der Waals surface area contributed by atoms with Crippen LogP contribution in [0.5, 0.6) is 0 Å². The van der Waals surface area contributed by atoms with Crippen LogP contribution in [0.4, 0.5) is 0 Å². The lowest BCUT2D eigenvalue weighted by molar-refractivity contribution is 1.05. The van der Waals surface area contributed by atoms with Gasteiger partial charge in [-0.05, 0) is 24.1 Å². The standard InChI is InChI=1S/C8H8BrNO/c1-6-4-7(5-10-11)2-3-8(6)9/h2-4H,5H2,1H3. The minimum Gasteiger partial charge on any atom is -0.150 e. The minimum absolute atomic E-state index is 0.258. The molecule has 0 aliphatic heterocycles. The Morgan fingerprint density at radius 1 is 1.55 bits per heavy atom. The monoisotopic (exact) mass is 213 g/mol. The van der Waals surface area contributed by atoms with Gasteiger partial charge in [0.15, 0.2) is 0 Å². The Morgan fingerprint density at radius 2 is 2.27 bits per heavy atom. The largest absolute Gasteiger partial charge is 0.150 e. The number of benzene rings is 1. The predicted molar refractivity (Wildman–Crippen MR) is 48.4 cm³/mol. The maximum atomic E-state index is 9.91. The Hall–Kier alpha value is -0.700. The van der Waals surface area contributed by atoms with Gasteiger partial charge in [-0.25, -0.2) is 0 Å². The smallest absolute Gasteiger partial charge is 0.106 e. The van der Waals surface area contributed by atoms with E-state index >= 15 is 0 Å². The van der Waals surface area contributed by atoms with E-state index in [-0.39, 0.29) is 6.54 Å². The molecule has 0 radical (unpaired) electrons. The van der Waals surface area contributed by atoms with Crippen LogP contribution in [0.3, 0.4) is 0 Å². The lowest BCUT2D eigenvalue weighted by Gasteiger charge is -1.98. The van der Waals surface area contributed by atoms with Crippen molar-refractivity contribution in [1.29, 1.82) is 0 Å². The van der Waals surface area contributed by atoms with E-state index in [0.29, 0.717) is 0 Å². The second-order valence-corrected chi connectivity index (χ2v) is 3.23. The lowest BCUT2D eigenvalue weighted by Crippen LogP contribution is -1.82. The zero-order chi connectivity index (χ0) is 8.27. The Bertz CT molecular complexity index is 273. The molecule has 0 amide bonds. The number of hydrogen-bond donors (Lipinski definition) is 0. The third-order valence-electron chi connectivity index (χ3n) is 1.47. The van der Waals surface area contributed by atoms with E-state index < -0.39 is 0 Å². The van der Waals surface area contributed by atoms with Gasteiger partial charge < -0.3 is 0 Å². The average molecular weight is 214 g/mol. The molecule has 0 aliphatic rings. The highest BCUT2D eigenvalue weighted by Crippen LogP contribution is 2.17. The van der Waals surface area contributed by atoms with E-state index in [2.05, 4.69) is 21.1 Å². The van der Waals surface area contributed by atoms with Gasteiger partial charge >= 0.3 is 0 Å². The van der Waals surface area contributed by atoms with Crippen molar-refractivity contribution in [3.05, 3.63) is 38.7 Å². The molecule has 3 heteroatoms. The van der Waals surface area contributed by atoms with E-state index in [9.17, 15) is 4.91 Å². The van der Waals surface area contributed by atoms with Crippen molar-refractivity contribution in [3.8, 4) is 0 Å². The Morgan fingerprint density at radius 3 is 2.82 bits per heavy atom. The molecule has 0 spiro atoms. The summed E-state index contributed by atoms with van der Waals surface area (Å²) in [5, 5.41) is 2.81. The molecule has 0 aromatic heterocycles. The third-order valence-corrected chi connectivity index (χ3v) is 2.36. The van der Waals surface area contributed by atoms with E-state index in [0.717, 1.165) is 15.6 Å². The SMILES string of the molecule is Cc1cc(CN=O)ccc1Br. The molecule has 0 saturated heterocycles. The zero-order valence-electron chi connectivity index (χ0n) is 6.17. The molecular weight excluding hydrogens is 206 g/mol. The number of aryl methyl sites for hydroxylation is 1. The van der Waals surface area contributed by atoms with Crippen LogP contribution in [-0.2, 0) is 6.54 Å². The van der Waals surface area contributed by atoms with Crippen LogP contribution in [0.15, 0.2) is 27.8 Å². The predicted octanol–water partition coefficient (Wildman–Crippen LogP) is 3.02. The summed E-state index contributed by atoms with van der Waals surface area (Å²) in [6.45, 7) is 2.24. The molecule has 0 unspecified atom stereocenters. The summed E-state index contributed by atoms with van der Waals surface area (Å²) in [6.07, 6.45) is 0. The summed E-state index contributed by atoms with van der Waals surface area (Å²) >= 11 is 3.37. The van der Waals surface area contributed by atoms with Crippen molar-refractivity contribution >= 4 is 15.9 Å². The van der Waals surface area contributed by atoms with Gasteiger partial charge in [0.1, 0.15) is 6.54 Å². The first-order valence-electron chi connectivity index (χ1n) is 3.28. The third kappa shape index (κ3) is 2.12. The first kappa shape index (κ1) is 8.40. The van der Waals surface area contributed by atoms with E-state index in [4.69, 9.17) is 0 Å². The average Bonchev–Trinajstić information content (AvgIpc) is 1.98. The lowest BCUT2D eigenvalue weighted by atomic mass is 10.1. The van der Waals surface area contributed by atoms with Crippen molar-refractivity contribution in [2.24, 2.45) is 5.18 Å². The Kier molecular flexibility index (Phi) is 2.76. The van der Waals surface area contributed by atoms with E-state index in [1.165, 1.54) is 0 Å². The molecule has 11 heavy (non-hydrogen) atoms. The van der Waals surface area contributed by atoms with Gasteiger partial charge in [0.25, 0.3) is 0 Å². The molecule has 1 rings (SSSR count). The van der Waals surface area contributed by atoms with Gasteiger partial charge in [-0.1, -0.05) is 33.2 Å². The normalized spacial score (nSPS) is 9.64. The maximum Gasteiger partial charge on any atom is 0.106 e. The summed E-state index contributed by atoms with van der Waals surface area (Å²) in [6, 6.07) is 5.76. The van der Waals surface area contributed by atoms with Crippen LogP contribution < -0.4 is 0 Å². The Balaban J connectivity index is 2.95. The molecule has 2 nitrogen and oxygen atoms in total. The zero-order valence-corrected chi connectivity index (χ0v) is 7.76. The molecule has 0 N–H and O–H groups in total. The fourth-order valence-corrected chi connectivity index (χ4v) is 1.13. The second kappa shape index (κ2) is 3.62. The van der Waals surface area contributed by atoms with Crippen LogP contribution in [0, 0.1) is 11.8 Å². The van der Waals surface area contributed by atoms with Crippen LogP contribution in [0.2, 0.25) is 0 Å². The summed E-state index contributed by atoms with van der Waals surface area (Å²) < 4.78 is 1.06. The van der Waals surface area contributed by atoms with E-state index in [1.54, 1.807) is 0 Å². The summed E-state index contributed by atoms with van der Waals surface area (Å²) in [5.41, 5.74) is 2.09.